The Hall–Kier alpha value is -3.12. The van der Waals surface area contributed by atoms with Crippen molar-refractivity contribution in [3.63, 3.8) is 0 Å². The number of aromatic amines is 1. The zero-order valence-electron chi connectivity index (χ0n) is 15.0. The van der Waals surface area contributed by atoms with Crippen LogP contribution in [0.2, 0.25) is 0 Å². The van der Waals surface area contributed by atoms with Gasteiger partial charge < -0.3 is 9.72 Å². The van der Waals surface area contributed by atoms with Gasteiger partial charge in [-0.3, -0.25) is 9.20 Å². The fraction of sp³-hybridized carbons (Fsp3) is 0.143. The van der Waals surface area contributed by atoms with E-state index in [0.29, 0.717) is 11.0 Å². The molecule has 0 atom stereocenters. The molecule has 0 bridgehead atoms. The first-order chi connectivity index (χ1) is 13.1. The third kappa shape index (κ3) is 2.61. The maximum Gasteiger partial charge on any atom is 0.345 e. The van der Waals surface area contributed by atoms with E-state index in [1.54, 1.807) is 19.1 Å². The first-order valence-corrected chi connectivity index (χ1v) is 9.49. The highest BCUT2D eigenvalue weighted by Gasteiger charge is 2.23. The van der Waals surface area contributed by atoms with Crippen molar-refractivity contribution in [2.75, 3.05) is 6.61 Å². The van der Waals surface area contributed by atoms with Gasteiger partial charge in [0.2, 0.25) is 5.43 Å². The molecule has 0 radical (unpaired) electrons. The molecule has 5 nitrogen and oxygen atoms in total. The van der Waals surface area contributed by atoms with Crippen LogP contribution in [0.5, 0.6) is 0 Å². The predicted molar refractivity (Wildman–Crippen MR) is 111 cm³/mol. The van der Waals surface area contributed by atoms with Gasteiger partial charge in [0.05, 0.1) is 23.0 Å². The van der Waals surface area contributed by atoms with E-state index < -0.39 is 5.97 Å². The lowest BCUT2D eigenvalue weighted by Crippen LogP contribution is -2.19. The van der Waals surface area contributed by atoms with Crippen LogP contribution in [0.4, 0.5) is 0 Å². The number of benzene rings is 1. The second kappa shape index (κ2) is 6.55. The summed E-state index contributed by atoms with van der Waals surface area (Å²) in [6.07, 6.45) is 5.58. The molecule has 3 aromatic heterocycles. The van der Waals surface area contributed by atoms with Crippen LogP contribution < -0.4 is 5.43 Å². The van der Waals surface area contributed by atoms with Crippen molar-refractivity contribution in [2.45, 2.75) is 13.8 Å². The van der Waals surface area contributed by atoms with Crippen molar-refractivity contribution in [2.24, 2.45) is 0 Å². The molecule has 3 heterocycles. The van der Waals surface area contributed by atoms with Crippen LogP contribution >= 0.6 is 11.3 Å². The molecule has 0 amide bonds. The van der Waals surface area contributed by atoms with Gasteiger partial charge >= 0.3 is 5.97 Å². The Kier molecular flexibility index (Phi) is 4.20. The lowest BCUT2D eigenvalue weighted by atomic mass is 10.1. The van der Waals surface area contributed by atoms with E-state index in [9.17, 15) is 9.59 Å². The normalized spacial score (nSPS) is 11.8. The summed E-state index contributed by atoms with van der Waals surface area (Å²) in [5.41, 5.74) is 4.08. The van der Waals surface area contributed by atoms with Crippen molar-refractivity contribution >= 4 is 50.3 Å². The Morgan fingerprint density at radius 2 is 2.22 bits per heavy atom. The summed E-state index contributed by atoms with van der Waals surface area (Å²) in [7, 11) is 0. The first-order valence-electron chi connectivity index (χ1n) is 8.61. The van der Waals surface area contributed by atoms with Crippen LogP contribution in [0.15, 0.2) is 47.1 Å². The number of carbonyl (C=O) groups excluding carboxylic acids is 1. The summed E-state index contributed by atoms with van der Waals surface area (Å²) >= 11 is 1.47. The second-order valence-corrected chi connectivity index (χ2v) is 7.09. The highest BCUT2D eigenvalue weighted by atomic mass is 32.1. The van der Waals surface area contributed by atoms with E-state index in [1.807, 2.05) is 34.9 Å². The Balaban J connectivity index is 2.17. The number of fused-ring (bicyclic) bond motifs is 5. The molecule has 0 fully saturated rings. The van der Waals surface area contributed by atoms with E-state index in [1.165, 1.54) is 11.3 Å². The zero-order valence-corrected chi connectivity index (χ0v) is 15.9. The van der Waals surface area contributed by atoms with Gasteiger partial charge in [0, 0.05) is 0 Å². The smallest absolute Gasteiger partial charge is 0.345 e. The summed E-state index contributed by atoms with van der Waals surface area (Å²) in [6, 6.07) is 5.82. The third-order valence-electron chi connectivity index (χ3n) is 4.55. The molecule has 1 aromatic carbocycles. The molecule has 0 spiro atoms. The number of carbonyl (C=O) groups is 1. The van der Waals surface area contributed by atoms with Gasteiger partial charge in [-0.15, -0.1) is 11.3 Å². The number of aryl methyl sites for hydroxylation is 1. The SMILES string of the molecule is C=C/C=C\c1cc2[nH]c3c(C(=O)OCC)c(=O)c4ccsc4n3c2cc1C. The number of H-pyrrole nitrogens is 1. The number of hydrogen-bond acceptors (Lipinski definition) is 4. The predicted octanol–water partition coefficient (Wildman–Crippen LogP) is 4.68. The summed E-state index contributed by atoms with van der Waals surface area (Å²) in [5.74, 6) is -0.608. The van der Waals surface area contributed by atoms with Crippen LogP contribution in [0, 0.1) is 6.92 Å². The number of nitrogens with zero attached hydrogens (tertiary/aromatic N) is 1. The fourth-order valence-electron chi connectivity index (χ4n) is 3.32. The van der Waals surface area contributed by atoms with Gasteiger partial charge in [0.25, 0.3) is 0 Å². The molecule has 4 rings (SSSR count). The lowest BCUT2D eigenvalue weighted by molar-refractivity contribution is 0.0527. The van der Waals surface area contributed by atoms with Gasteiger partial charge in [-0.05, 0) is 48.6 Å². The fourth-order valence-corrected chi connectivity index (χ4v) is 4.23. The van der Waals surface area contributed by atoms with E-state index >= 15 is 0 Å². The number of pyridine rings is 1. The van der Waals surface area contributed by atoms with Crippen LogP contribution in [0.3, 0.4) is 0 Å². The quantitative estimate of drug-likeness (QED) is 0.414. The summed E-state index contributed by atoms with van der Waals surface area (Å²) < 4.78 is 7.09. The lowest BCUT2D eigenvalue weighted by Gasteiger charge is -2.06. The molecule has 6 heteroatoms. The highest BCUT2D eigenvalue weighted by molar-refractivity contribution is 7.16. The van der Waals surface area contributed by atoms with Crippen molar-refractivity contribution in [1.29, 1.82) is 0 Å². The van der Waals surface area contributed by atoms with E-state index in [4.69, 9.17) is 4.74 Å². The average molecular weight is 378 g/mol. The largest absolute Gasteiger partial charge is 0.462 e. The Morgan fingerprint density at radius 3 is 2.96 bits per heavy atom. The molecule has 0 saturated carbocycles. The second-order valence-electron chi connectivity index (χ2n) is 6.19. The molecule has 0 saturated heterocycles. The first kappa shape index (κ1) is 17.3. The van der Waals surface area contributed by atoms with Crippen LogP contribution in [0.1, 0.15) is 28.4 Å². The van der Waals surface area contributed by atoms with Gasteiger partial charge in [-0.25, -0.2) is 4.79 Å². The minimum absolute atomic E-state index is 0.0415. The van der Waals surface area contributed by atoms with Gasteiger partial charge in [-0.2, -0.15) is 0 Å². The topological polar surface area (TPSA) is 63.6 Å². The molecule has 4 aromatic rings. The molecule has 0 unspecified atom stereocenters. The van der Waals surface area contributed by atoms with Crippen LogP contribution in [-0.4, -0.2) is 22.0 Å². The number of ether oxygens (including phenoxy) is 1. The maximum atomic E-state index is 12.9. The number of imidazole rings is 1. The Bertz CT molecular complexity index is 1300. The Morgan fingerprint density at radius 1 is 1.41 bits per heavy atom. The maximum absolute atomic E-state index is 12.9. The molecule has 1 N–H and O–H groups in total. The van der Waals surface area contributed by atoms with Crippen molar-refractivity contribution in [1.82, 2.24) is 9.38 Å². The number of esters is 1. The van der Waals surface area contributed by atoms with E-state index in [2.05, 4.69) is 17.6 Å². The number of nitrogens with one attached hydrogen (secondary N) is 1. The number of thiophene rings is 1. The highest BCUT2D eigenvalue weighted by Crippen LogP contribution is 2.29. The monoisotopic (exact) mass is 378 g/mol. The molecule has 0 aliphatic rings. The van der Waals surface area contributed by atoms with E-state index in [-0.39, 0.29) is 17.6 Å². The molecule has 27 heavy (non-hydrogen) atoms. The minimum Gasteiger partial charge on any atom is -0.462 e. The van der Waals surface area contributed by atoms with Gasteiger partial charge in [0.15, 0.2) is 0 Å². The summed E-state index contributed by atoms with van der Waals surface area (Å²) in [5, 5.41) is 2.38. The summed E-state index contributed by atoms with van der Waals surface area (Å²) in [4.78, 5) is 29.5. The van der Waals surface area contributed by atoms with Gasteiger partial charge in [-0.1, -0.05) is 24.8 Å². The minimum atomic E-state index is -0.608. The van der Waals surface area contributed by atoms with Crippen molar-refractivity contribution in [3.8, 4) is 0 Å². The molecule has 0 aliphatic carbocycles. The number of hydrogen-bond donors (Lipinski definition) is 1. The molecular weight excluding hydrogens is 360 g/mol. The number of aromatic nitrogens is 2. The number of rotatable bonds is 4. The number of allylic oxidation sites excluding steroid dienone is 2. The Labute approximate surface area is 159 Å². The third-order valence-corrected chi connectivity index (χ3v) is 5.45. The van der Waals surface area contributed by atoms with Gasteiger partial charge in [0.1, 0.15) is 16.0 Å². The molecular formula is C21H18N2O3S. The zero-order chi connectivity index (χ0) is 19.1. The van der Waals surface area contributed by atoms with Crippen molar-refractivity contribution < 1.29 is 9.53 Å². The van der Waals surface area contributed by atoms with Crippen LogP contribution in [-0.2, 0) is 4.74 Å². The summed E-state index contributed by atoms with van der Waals surface area (Å²) in [6.45, 7) is 7.67. The van der Waals surface area contributed by atoms with E-state index in [0.717, 1.165) is 27.0 Å². The molecule has 136 valence electrons. The van der Waals surface area contributed by atoms with Crippen LogP contribution in [0.25, 0.3) is 33.0 Å². The average Bonchev–Trinajstić information content (AvgIpc) is 3.24. The standard InChI is InChI=1S/C21H18N2O3S/c1-4-6-7-13-11-15-16(10-12(13)3)23-19(22-15)17(21(25)26-5-2)18(24)14-8-9-27-20(14)23/h4,6-11,22H,1,5H2,2-3H3/b7-6-. The van der Waals surface area contributed by atoms with Crippen molar-refractivity contribution in [3.05, 3.63) is 69.2 Å². The molecule has 0 aliphatic heterocycles.